The number of hydrogen-bond acceptors (Lipinski definition) is 3. The van der Waals surface area contributed by atoms with E-state index >= 15 is 0 Å². The SMILES string of the molecule is CCOC(=O)C1(N=PP)CC1. The summed E-state index contributed by atoms with van der Waals surface area (Å²) in [5.41, 5.74) is -0.459. The lowest BCUT2D eigenvalue weighted by Crippen LogP contribution is -2.21. The normalized spacial score (nSPS) is 20.2. The van der Waals surface area contributed by atoms with Gasteiger partial charge in [0.2, 0.25) is 0 Å². The lowest BCUT2D eigenvalue weighted by Gasteiger charge is -2.06. The van der Waals surface area contributed by atoms with E-state index in [1.165, 1.54) is 0 Å². The van der Waals surface area contributed by atoms with Gasteiger partial charge in [-0.05, 0) is 19.8 Å². The molecule has 0 aromatic carbocycles. The maximum absolute atomic E-state index is 11.2. The summed E-state index contributed by atoms with van der Waals surface area (Å²) in [6.07, 6.45) is 1.71. The molecule has 0 radical (unpaired) electrons. The van der Waals surface area contributed by atoms with Crippen LogP contribution in [0, 0.1) is 0 Å². The summed E-state index contributed by atoms with van der Waals surface area (Å²) >= 11 is 0. The minimum absolute atomic E-state index is 0.157. The van der Waals surface area contributed by atoms with Crippen LogP contribution in [0.5, 0.6) is 0 Å². The number of nitrogens with zero attached hydrogens (tertiary/aromatic N) is 1. The predicted octanol–water partition coefficient (Wildman–Crippen LogP) is 2.00. The van der Waals surface area contributed by atoms with Gasteiger partial charge < -0.3 is 4.74 Å². The molecule has 1 saturated carbocycles. The number of carbonyl (C=O) groups excluding carboxylic acids is 1. The second-order valence-electron chi connectivity index (χ2n) is 2.47. The number of carbonyl (C=O) groups is 1. The van der Waals surface area contributed by atoms with E-state index in [-0.39, 0.29) is 5.97 Å². The highest BCUT2D eigenvalue weighted by molar-refractivity contribution is 7.97. The van der Waals surface area contributed by atoms with Crippen LogP contribution in [0.2, 0.25) is 0 Å². The lowest BCUT2D eigenvalue weighted by molar-refractivity contribution is -0.145. The molecule has 1 atom stereocenters. The quantitative estimate of drug-likeness (QED) is 0.505. The Balaban J connectivity index is 2.51. The van der Waals surface area contributed by atoms with Gasteiger partial charge in [0.15, 0.2) is 5.54 Å². The highest BCUT2D eigenvalue weighted by Gasteiger charge is 2.51. The zero-order valence-corrected chi connectivity index (χ0v) is 8.46. The van der Waals surface area contributed by atoms with Crippen molar-refractivity contribution < 1.29 is 9.53 Å². The van der Waals surface area contributed by atoms with Crippen molar-refractivity contribution in [1.29, 1.82) is 0 Å². The molecular weight excluding hydrogens is 180 g/mol. The molecule has 0 amide bonds. The molecule has 0 aliphatic heterocycles. The molecule has 0 aromatic heterocycles. The molecule has 62 valence electrons. The fraction of sp³-hybridized carbons (Fsp3) is 0.833. The molecule has 1 fully saturated rings. The molecule has 0 bridgehead atoms. The Hall–Kier alpha value is 0. The van der Waals surface area contributed by atoms with E-state index < -0.39 is 5.54 Å². The minimum atomic E-state index is -0.459. The Bertz CT molecular complexity index is 189. The second kappa shape index (κ2) is 3.60. The molecule has 11 heavy (non-hydrogen) atoms. The van der Waals surface area contributed by atoms with Crippen molar-refractivity contribution in [3.63, 3.8) is 0 Å². The molecule has 1 unspecified atom stereocenters. The van der Waals surface area contributed by atoms with E-state index in [1.807, 2.05) is 6.92 Å². The Morgan fingerprint density at radius 1 is 1.82 bits per heavy atom. The van der Waals surface area contributed by atoms with Crippen LogP contribution in [-0.2, 0) is 9.53 Å². The van der Waals surface area contributed by atoms with Gasteiger partial charge in [-0.3, -0.25) is 0 Å². The Labute approximate surface area is 69.9 Å². The lowest BCUT2D eigenvalue weighted by atomic mass is 10.3. The third-order valence-corrected chi connectivity index (χ3v) is 2.47. The molecule has 5 heteroatoms. The zero-order chi connectivity index (χ0) is 8.32. The topological polar surface area (TPSA) is 38.7 Å². The van der Waals surface area contributed by atoms with E-state index in [4.69, 9.17) is 4.74 Å². The first-order valence-electron chi connectivity index (χ1n) is 3.54. The molecule has 0 spiro atoms. The van der Waals surface area contributed by atoms with E-state index in [0.717, 1.165) is 20.9 Å². The van der Waals surface area contributed by atoms with Crippen molar-refractivity contribution in [3.8, 4) is 0 Å². The van der Waals surface area contributed by atoms with E-state index in [9.17, 15) is 4.79 Å². The molecule has 1 aliphatic rings. The van der Waals surface area contributed by atoms with Crippen LogP contribution in [0.1, 0.15) is 19.8 Å². The highest BCUT2D eigenvalue weighted by Crippen LogP contribution is 2.43. The van der Waals surface area contributed by atoms with Crippen molar-refractivity contribution in [1.82, 2.24) is 0 Å². The Morgan fingerprint density at radius 2 is 2.45 bits per heavy atom. The van der Waals surface area contributed by atoms with E-state index in [2.05, 4.69) is 13.7 Å². The number of rotatable bonds is 3. The minimum Gasteiger partial charge on any atom is -0.464 e. The van der Waals surface area contributed by atoms with Gasteiger partial charge in [0.05, 0.1) is 6.61 Å². The molecule has 0 heterocycles. The van der Waals surface area contributed by atoms with Gasteiger partial charge in [0, 0.05) is 8.06 Å². The van der Waals surface area contributed by atoms with Crippen LogP contribution in [0.4, 0.5) is 0 Å². The van der Waals surface area contributed by atoms with Gasteiger partial charge in [-0.25, -0.2) is 9.54 Å². The number of esters is 1. The van der Waals surface area contributed by atoms with Crippen LogP contribution in [0.15, 0.2) is 4.74 Å². The van der Waals surface area contributed by atoms with Crippen LogP contribution in [0.3, 0.4) is 0 Å². The first-order chi connectivity index (χ1) is 5.25. The monoisotopic (exact) mass is 191 g/mol. The summed E-state index contributed by atoms with van der Waals surface area (Å²) in [5, 5.41) is 0. The summed E-state index contributed by atoms with van der Waals surface area (Å²) < 4.78 is 9.02. The van der Waals surface area contributed by atoms with Gasteiger partial charge in [-0.2, -0.15) is 0 Å². The largest absolute Gasteiger partial charge is 0.464 e. The van der Waals surface area contributed by atoms with Crippen molar-refractivity contribution in [2.24, 2.45) is 4.74 Å². The maximum atomic E-state index is 11.2. The van der Waals surface area contributed by atoms with Gasteiger partial charge in [-0.1, -0.05) is 8.93 Å². The van der Waals surface area contributed by atoms with Crippen LogP contribution < -0.4 is 0 Å². The Kier molecular flexibility index (Phi) is 2.98. The summed E-state index contributed by atoms with van der Waals surface area (Å²) in [7, 11) is 3.30. The summed E-state index contributed by atoms with van der Waals surface area (Å²) in [5.74, 6) is -0.157. The van der Waals surface area contributed by atoms with Gasteiger partial charge in [-0.15, -0.1) is 0 Å². The van der Waals surface area contributed by atoms with Crippen molar-refractivity contribution in [2.45, 2.75) is 25.3 Å². The second-order valence-corrected chi connectivity index (χ2v) is 3.59. The standard InChI is InChI=1S/C6H11NO2P2/c1-2-9-5(8)6(3-4-6)7-11-10/h2-4,10H2,1H3. The van der Waals surface area contributed by atoms with Crippen molar-refractivity contribution >= 4 is 23.0 Å². The van der Waals surface area contributed by atoms with Crippen molar-refractivity contribution in [2.75, 3.05) is 6.61 Å². The first kappa shape index (κ1) is 9.09. The van der Waals surface area contributed by atoms with E-state index in [0.29, 0.717) is 6.61 Å². The van der Waals surface area contributed by atoms with Gasteiger partial charge in [0.25, 0.3) is 0 Å². The molecule has 3 nitrogen and oxygen atoms in total. The summed E-state index contributed by atoms with van der Waals surface area (Å²) in [4.78, 5) is 11.2. The molecule has 0 saturated heterocycles. The predicted molar refractivity (Wildman–Crippen MR) is 47.7 cm³/mol. The smallest absolute Gasteiger partial charge is 0.334 e. The summed E-state index contributed by atoms with van der Waals surface area (Å²) in [6, 6.07) is 0. The van der Waals surface area contributed by atoms with Gasteiger partial charge in [0.1, 0.15) is 0 Å². The third kappa shape index (κ3) is 1.98. The first-order valence-corrected chi connectivity index (χ1v) is 6.01. The van der Waals surface area contributed by atoms with Crippen molar-refractivity contribution in [3.05, 3.63) is 0 Å². The number of ether oxygens (including phenoxy) is 1. The average Bonchev–Trinajstić information content (AvgIpc) is 2.71. The fourth-order valence-electron chi connectivity index (χ4n) is 0.839. The maximum Gasteiger partial charge on any atom is 0.334 e. The highest BCUT2D eigenvalue weighted by atomic mass is 32.0. The average molecular weight is 191 g/mol. The zero-order valence-electron chi connectivity index (χ0n) is 6.41. The molecule has 0 N–H and O–H groups in total. The third-order valence-electron chi connectivity index (χ3n) is 1.63. The molecule has 0 aromatic rings. The van der Waals surface area contributed by atoms with Crippen LogP contribution in [-0.4, -0.2) is 18.1 Å². The Morgan fingerprint density at radius 3 is 2.82 bits per heavy atom. The summed E-state index contributed by atoms with van der Waals surface area (Å²) in [6.45, 7) is 2.26. The number of hydrogen-bond donors (Lipinski definition) is 0. The molecule has 1 aliphatic carbocycles. The molecular formula is C6H11NO2P2. The van der Waals surface area contributed by atoms with Gasteiger partial charge >= 0.3 is 5.97 Å². The fourth-order valence-corrected chi connectivity index (χ4v) is 2.01. The van der Waals surface area contributed by atoms with Crippen LogP contribution in [0.25, 0.3) is 0 Å². The molecule has 1 rings (SSSR count). The van der Waals surface area contributed by atoms with Crippen LogP contribution >= 0.6 is 17.0 Å². The van der Waals surface area contributed by atoms with E-state index in [1.54, 1.807) is 0 Å².